The lowest BCUT2D eigenvalue weighted by molar-refractivity contribution is 0.307. The van der Waals surface area contributed by atoms with Crippen LogP contribution in [-0.2, 0) is 0 Å². The Morgan fingerprint density at radius 2 is 2.00 bits per heavy atom. The first-order valence-corrected chi connectivity index (χ1v) is 7.58. The van der Waals surface area contributed by atoms with Crippen LogP contribution >= 0.6 is 23.2 Å². The molecule has 20 heavy (non-hydrogen) atoms. The summed E-state index contributed by atoms with van der Waals surface area (Å²) in [7, 11) is 0. The summed E-state index contributed by atoms with van der Waals surface area (Å²) in [6.45, 7) is 6.08. The molecule has 1 atom stereocenters. The number of ether oxygens (including phenoxy) is 1. The van der Waals surface area contributed by atoms with Crippen LogP contribution in [0.2, 0.25) is 10.0 Å². The van der Waals surface area contributed by atoms with Gasteiger partial charge in [-0.05, 0) is 37.9 Å². The van der Waals surface area contributed by atoms with Gasteiger partial charge in [-0.25, -0.2) is 0 Å². The van der Waals surface area contributed by atoms with Gasteiger partial charge in [0.05, 0.1) is 10.0 Å². The lowest BCUT2D eigenvalue weighted by atomic mass is 9.86. The normalized spacial score (nSPS) is 17.8. The van der Waals surface area contributed by atoms with Crippen LogP contribution in [0.1, 0.15) is 24.4 Å². The topological polar surface area (TPSA) is 47.3 Å². The molecule has 1 aromatic rings. The van der Waals surface area contributed by atoms with Crippen LogP contribution in [-0.4, -0.2) is 19.7 Å². The van der Waals surface area contributed by atoms with Gasteiger partial charge in [-0.3, -0.25) is 0 Å². The Labute approximate surface area is 130 Å². The number of benzene rings is 1. The minimum absolute atomic E-state index is 0.0910. The van der Waals surface area contributed by atoms with Gasteiger partial charge in [0.15, 0.2) is 0 Å². The molecule has 1 aliphatic rings. The maximum atomic E-state index is 6.43. The van der Waals surface area contributed by atoms with E-state index in [9.17, 15) is 0 Å². The van der Waals surface area contributed by atoms with Crippen molar-refractivity contribution in [2.24, 2.45) is 11.7 Å². The minimum atomic E-state index is -0.0910. The SMILES string of the molecule is C=CCOc1cc(Cl)c(Cl)cc1C(N)C1CCNCC1. The summed E-state index contributed by atoms with van der Waals surface area (Å²) < 4.78 is 5.68. The second-order valence-corrected chi connectivity index (χ2v) is 5.83. The number of piperidine rings is 1. The van der Waals surface area contributed by atoms with E-state index >= 15 is 0 Å². The molecule has 0 aliphatic carbocycles. The number of hydrogen-bond donors (Lipinski definition) is 2. The first-order chi connectivity index (χ1) is 9.63. The van der Waals surface area contributed by atoms with Gasteiger partial charge in [0, 0.05) is 17.7 Å². The first-order valence-electron chi connectivity index (χ1n) is 6.82. The molecule has 1 saturated heterocycles. The standard InChI is InChI=1S/C15H20Cl2N2O/c1-2-7-20-14-9-13(17)12(16)8-11(14)15(18)10-3-5-19-6-4-10/h2,8-10,15,19H,1,3-7,18H2. The van der Waals surface area contributed by atoms with E-state index in [4.69, 9.17) is 33.7 Å². The predicted molar refractivity (Wildman–Crippen MR) is 84.7 cm³/mol. The van der Waals surface area contributed by atoms with Crippen molar-refractivity contribution >= 4 is 23.2 Å². The molecule has 0 bridgehead atoms. The number of halogens is 2. The van der Waals surface area contributed by atoms with Crippen LogP contribution in [0.25, 0.3) is 0 Å². The Balaban J connectivity index is 2.26. The molecule has 2 rings (SSSR count). The number of hydrogen-bond acceptors (Lipinski definition) is 3. The van der Waals surface area contributed by atoms with Crippen molar-refractivity contribution in [3.63, 3.8) is 0 Å². The predicted octanol–water partition coefficient (Wildman–Crippen LogP) is 3.56. The Kier molecular flexibility index (Phi) is 5.73. The summed E-state index contributed by atoms with van der Waals surface area (Å²) in [5.74, 6) is 1.13. The molecule has 1 heterocycles. The molecular formula is C15H20Cl2N2O. The van der Waals surface area contributed by atoms with Crippen molar-refractivity contribution in [3.8, 4) is 5.75 Å². The highest BCUT2D eigenvalue weighted by Gasteiger charge is 2.25. The molecular weight excluding hydrogens is 295 g/mol. The number of nitrogens with two attached hydrogens (primary N) is 1. The molecule has 0 radical (unpaired) electrons. The summed E-state index contributed by atoms with van der Waals surface area (Å²) in [4.78, 5) is 0. The average Bonchev–Trinajstić information content (AvgIpc) is 2.48. The Morgan fingerprint density at radius 1 is 1.35 bits per heavy atom. The van der Waals surface area contributed by atoms with Gasteiger partial charge in [-0.1, -0.05) is 35.9 Å². The molecule has 0 amide bonds. The zero-order valence-electron chi connectivity index (χ0n) is 11.4. The molecule has 1 aromatic carbocycles. The Bertz CT molecular complexity index is 473. The van der Waals surface area contributed by atoms with Crippen LogP contribution in [0.5, 0.6) is 5.75 Å². The monoisotopic (exact) mass is 314 g/mol. The van der Waals surface area contributed by atoms with Crippen molar-refractivity contribution in [2.45, 2.75) is 18.9 Å². The molecule has 3 nitrogen and oxygen atoms in total. The minimum Gasteiger partial charge on any atom is -0.489 e. The van der Waals surface area contributed by atoms with E-state index in [1.54, 1.807) is 12.1 Å². The fraction of sp³-hybridized carbons (Fsp3) is 0.467. The van der Waals surface area contributed by atoms with Crippen LogP contribution < -0.4 is 15.8 Å². The maximum Gasteiger partial charge on any atom is 0.126 e. The molecule has 110 valence electrons. The Hall–Kier alpha value is -0.740. The first kappa shape index (κ1) is 15.6. The average molecular weight is 315 g/mol. The van der Waals surface area contributed by atoms with E-state index < -0.39 is 0 Å². The highest BCUT2D eigenvalue weighted by molar-refractivity contribution is 6.42. The lowest BCUT2D eigenvalue weighted by Gasteiger charge is -2.29. The van der Waals surface area contributed by atoms with Crippen molar-refractivity contribution in [2.75, 3.05) is 19.7 Å². The lowest BCUT2D eigenvalue weighted by Crippen LogP contribution is -2.34. The summed E-state index contributed by atoms with van der Waals surface area (Å²) in [6, 6.07) is 3.48. The second-order valence-electron chi connectivity index (χ2n) is 5.02. The van der Waals surface area contributed by atoms with Crippen LogP contribution in [0.4, 0.5) is 0 Å². The summed E-state index contributed by atoms with van der Waals surface area (Å²) in [5.41, 5.74) is 7.35. The van der Waals surface area contributed by atoms with Crippen LogP contribution in [0.3, 0.4) is 0 Å². The fourth-order valence-corrected chi connectivity index (χ4v) is 2.86. The van der Waals surface area contributed by atoms with Gasteiger partial charge in [0.25, 0.3) is 0 Å². The molecule has 0 saturated carbocycles. The van der Waals surface area contributed by atoms with Gasteiger partial charge in [0.1, 0.15) is 12.4 Å². The molecule has 1 aliphatic heterocycles. The largest absolute Gasteiger partial charge is 0.489 e. The van der Waals surface area contributed by atoms with Gasteiger partial charge in [-0.2, -0.15) is 0 Å². The van der Waals surface area contributed by atoms with E-state index in [1.165, 1.54) is 0 Å². The summed E-state index contributed by atoms with van der Waals surface area (Å²) in [5, 5.41) is 4.33. The van der Waals surface area contributed by atoms with Crippen molar-refractivity contribution < 1.29 is 4.74 Å². The molecule has 0 spiro atoms. The maximum absolute atomic E-state index is 6.43. The van der Waals surface area contributed by atoms with Gasteiger partial charge in [0.2, 0.25) is 0 Å². The molecule has 3 N–H and O–H groups in total. The number of nitrogens with one attached hydrogen (secondary N) is 1. The third-order valence-corrected chi connectivity index (χ3v) is 4.38. The van der Waals surface area contributed by atoms with Crippen LogP contribution in [0.15, 0.2) is 24.8 Å². The van der Waals surface area contributed by atoms with Gasteiger partial charge in [-0.15, -0.1) is 0 Å². The summed E-state index contributed by atoms with van der Waals surface area (Å²) >= 11 is 12.2. The number of rotatable bonds is 5. The smallest absolute Gasteiger partial charge is 0.126 e. The van der Waals surface area contributed by atoms with E-state index in [2.05, 4.69) is 11.9 Å². The van der Waals surface area contributed by atoms with Crippen molar-refractivity contribution in [1.29, 1.82) is 0 Å². The van der Waals surface area contributed by atoms with E-state index in [0.717, 1.165) is 31.5 Å². The zero-order chi connectivity index (χ0) is 14.5. The highest BCUT2D eigenvalue weighted by Crippen LogP contribution is 2.37. The zero-order valence-corrected chi connectivity index (χ0v) is 12.9. The quantitative estimate of drug-likeness (QED) is 0.817. The van der Waals surface area contributed by atoms with E-state index in [0.29, 0.717) is 28.3 Å². The van der Waals surface area contributed by atoms with Crippen LogP contribution in [0, 0.1) is 5.92 Å². The Morgan fingerprint density at radius 3 is 2.65 bits per heavy atom. The second kappa shape index (κ2) is 7.32. The third kappa shape index (κ3) is 3.67. The summed E-state index contributed by atoms with van der Waals surface area (Å²) in [6.07, 6.45) is 3.81. The van der Waals surface area contributed by atoms with Crippen molar-refractivity contribution in [1.82, 2.24) is 5.32 Å². The molecule has 1 fully saturated rings. The van der Waals surface area contributed by atoms with E-state index in [1.807, 2.05) is 6.07 Å². The van der Waals surface area contributed by atoms with Gasteiger partial charge >= 0.3 is 0 Å². The molecule has 5 heteroatoms. The fourth-order valence-electron chi connectivity index (χ4n) is 2.54. The van der Waals surface area contributed by atoms with E-state index in [-0.39, 0.29) is 6.04 Å². The van der Waals surface area contributed by atoms with Crippen molar-refractivity contribution in [3.05, 3.63) is 40.4 Å². The third-order valence-electron chi connectivity index (χ3n) is 3.66. The molecule has 0 aromatic heterocycles. The highest BCUT2D eigenvalue weighted by atomic mass is 35.5. The van der Waals surface area contributed by atoms with Gasteiger partial charge < -0.3 is 15.8 Å². The molecule has 1 unspecified atom stereocenters.